The Labute approximate surface area is 122 Å². The summed E-state index contributed by atoms with van der Waals surface area (Å²) in [5, 5.41) is 0. The van der Waals surface area contributed by atoms with Gasteiger partial charge in [-0.15, -0.1) is 0 Å². The van der Waals surface area contributed by atoms with Gasteiger partial charge in [-0.05, 0) is 31.1 Å². The molecule has 2 rings (SSSR count). The maximum Gasteiger partial charge on any atom is 0.258 e. The third kappa shape index (κ3) is 2.74. The van der Waals surface area contributed by atoms with E-state index < -0.39 is 0 Å². The molecule has 0 aliphatic carbocycles. The summed E-state index contributed by atoms with van der Waals surface area (Å²) in [6.07, 6.45) is 6.59. The minimum absolute atomic E-state index is 0.131. The summed E-state index contributed by atoms with van der Waals surface area (Å²) in [4.78, 5) is 28.5. The van der Waals surface area contributed by atoms with Crippen molar-refractivity contribution in [3.8, 4) is 0 Å². The molecule has 0 spiro atoms. The van der Waals surface area contributed by atoms with Crippen molar-refractivity contribution in [1.82, 2.24) is 9.38 Å². The average molecular weight is 280 g/mol. The van der Waals surface area contributed by atoms with Crippen LogP contribution in [-0.4, -0.2) is 15.2 Å². The van der Waals surface area contributed by atoms with E-state index in [-0.39, 0.29) is 11.3 Å². The first-order valence-electron chi connectivity index (χ1n) is 6.48. The molecule has 0 aliphatic heterocycles. The second-order valence-electron chi connectivity index (χ2n) is 4.72. The van der Waals surface area contributed by atoms with E-state index in [2.05, 4.69) is 18.1 Å². The maximum absolute atomic E-state index is 12.3. The van der Waals surface area contributed by atoms with Gasteiger partial charge in [0.2, 0.25) is 0 Å². The lowest BCUT2D eigenvalue weighted by Crippen LogP contribution is -2.18. The van der Waals surface area contributed by atoms with Crippen LogP contribution in [0.1, 0.15) is 28.5 Å². The number of fused-ring (bicyclic) bond motifs is 1. The number of ketones is 1. The van der Waals surface area contributed by atoms with Crippen molar-refractivity contribution < 1.29 is 4.79 Å². The summed E-state index contributed by atoms with van der Waals surface area (Å²) < 4.78 is 1.39. The Morgan fingerprint density at radius 1 is 1.33 bits per heavy atom. The van der Waals surface area contributed by atoms with Gasteiger partial charge in [0.1, 0.15) is 0 Å². The van der Waals surface area contributed by atoms with Gasteiger partial charge in [0.15, 0.2) is 11.4 Å². The first-order chi connectivity index (χ1) is 9.97. The van der Waals surface area contributed by atoms with Crippen LogP contribution in [0, 0.1) is 6.92 Å². The van der Waals surface area contributed by atoms with Crippen molar-refractivity contribution in [3.05, 3.63) is 76.9 Å². The lowest BCUT2D eigenvalue weighted by atomic mass is 10.1. The second-order valence-corrected chi connectivity index (χ2v) is 4.72. The van der Waals surface area contributed by atoms with E-state index in [9.17, 15) is 9.59 Å². The van der Waals surface area contributed by atoms with Crippen molar-refractivity contribution >= 4 is 17.0 Å². The van der Waals surface area contributed by atoms with Crippen LogP contribution in [0.25, 0.3) is 11.2 Å². The van der Waals surface area contributed by atoms with E-state index in [0.29, 0.717) is 22.5 Å². The zero-order chi connectivity index (χ0) is 15.6. The van der Waals surface area contributed by atoms with Crippen LogP contribution in [0.5, 0.6) is 0 Å². The summed E-state index contributed by atoms with van der Waals surface area (Å²) in [6.45, 7) is 10.6. The van der Waals surface area contributed by atoms with Gasteiger partial charge < -0.3 is 0 Å². The lowest BCUT2D eigenvalue weighted by molar-refractivity contribution is 0.101. The van der Waals surface area contributed by atoms with Crippen LogP contribution >= 0.6 is 0 Å². The molecule has 0 amide bonds. The van der Waals surface area contributed by atoms with Gasteiger partial charge in [0.05, 0.1) is 11.3 Å². The molecule has 2 aromatic rings. The topological polar surface area (TPSA) is 51.4 Å². The SMILES string of the molecule is C=C/C=C(\C=C)c1cc(=O)n2cc(C)cc(C(C)=O)c2n1. The molecule has 0 saturated carbocycles. The molecule has 4 nitrogen and oxygen atoms in total. The fraction of sp³-hybridized carbons (Fsp3) is 0.118. The average Bonchev–Trinajstić information content (AvgIpc) is 2.44. The molecule has 0 saturated heterocycles. The van der Waals surface area contributed by atoms with E-state index in [1.54, 1.807) is 30.5 Å². The molecule has 0 N–H and O–H groups in total. The van der Waals surface area contributed by atoms with Crippen LogP contribution in [-0.2, 0) is 0 Å². The third-order valence-electron chi connectivity index (χ3n) is 3.09. The Bertz CT molecular complexity index is 842. The molecule has 0 bridgehead atoms. The monoisotopic (exact) mass is 280 g/mol. The molecule has 2 heterocycles. The first kappa shape index (κ1) is 14.7. The summed E-state index contributed by atoms with van der Waals surface area (Å²) in [5.41, 5.74) is 2.53. The summed E-state index contributed by atoms with van der Waals surface area (Å²) in [6, 6.07) is 3.16. The second kappa shape index (κ2) is 5.71. The van der Waals surface area contributed by atoms with E-state index in [4.69, 9.17) is 0 Å². The molecule has 0 aliphatic rings. The number of hydrogen-bond acceptors (Lipinski definition) is 3. The van der Waals surface area contributed by atoms with Crippen molar-refractivity contribution in [3.63, 3.8) is 0 Å². The van der Waals surface area contributed by atoms with E-state index >= 15 is 0 Å². The number of carbonyl (C=O) groups is 1. The fourth-order valence-electron chi connectivity index (χ4n) is 2.13. The number of aryl methyl sites for hydroxylation is 1. The van der Waals surface area contributed by atoms with Gasteiger partial charge in [-0.25, -0.2) is 4.98 Å². The Balaban J connectivity index is 2.90. The molecule has 4 heteroatoms. The maximum atomic E-state index is 12.3. The van der Waals surface area contributed by atoms with Crippen LogP contribution in [0.4, 0.5) is 0 Å². The zero-order valence-electron chi connectivity index (χ0n) is 12.1. The van der Waals surface area contributed by atoms with Crippen LogP contribution in [0.3, 0.4) is 0 Å². The molecule has 0 aromatic carbocycles. The Kier molecular flexibility index (Phi) is 3.98. The normalized spacial score (nSPS) is 11.4. The number of rotatable bonds is 4. The van der Waals surface area contributed by atoms with Crippen molar-refractivity contribution in [2.75, 3.05) is 0 Å². The van der Waals surface area contributed by atoms with Crippen molar-refractivity contribution in [2.45, 2.75) is 13.8 Å². The quantitative estimate of drug-likeness (QED) is 0.639. The number of pyridine rings is 1. The minimum Gasteiger partial charge on any atom is -0.294 e. The molecule has 0 fully saturated rings. The van der Waals surface area contributed by atoms with Crippen LogP contribution < -0.4 is 5.56 Å². The highest BCUT2D eigenvalue weighted by molar-refractivity contribution is 6.00. The van der Waals surface area contributed by atoms with Crippen LogP contribution in [0.15, 0.2) is 54.5 Å². The smallest absolute Gasteiger partial charge is 0.258 e. The van der Waals surface area contributed by atoms with Gasteiger partial charge in [-0.3, -0.25) is 14.0 Å². The summed E-state index contributed by atoms with van der Waals surface area (Å²) >= 11 is 0. The van der Waals surface area contributed by atoms with E-state index in [1.807, 2.05) is 6.92 Å². The molecule has 2 aromatic heterocycles. The van der Waals surface area contributed by atoms with Gasteiger partial charge in [0.25, 0.3) is 5.56 Å². The van der Waals surface area contributed by atoms with Crippen molar-refractivity contribution in [2.24, 2.45) is 0 Å². The van der Waals surface area contributed by atoms with Gasteiger partial charge in [0, 0.05) is 12.3 Å². The summed E-state index contributed by atoms with van der Waals surface area (Å²) in [5.74, 6) is -0.131. The summed E-state index contributed by atoms with van der Waals surface area (Å²) in [7, 11) is 0. The van der Waals surface area contributed by atoms with E-state index in [0.717, 1.165) is 5.56 Å². The number of aromatic nitrogens is 2. The third-order valence-corrected chi connectivity index (χ3v) is 3.09. The molecule has 0 radical (unpaired) electrons. The Morgan fingerprint density at radius 3 is 2.62 bits per heavy atom. The molecule has 0 atom stereocenters. The highest BCUT2D eigenvalue weighted by Gasteiger charge is 2.12. The standard InChI is InChI=1S/C17H16N2O2/c1-5-7-13(6-2)15-9-16(21)19-10-11(3)8-14(12(4)20)17(19)18-15/h5-10H,1-2H2,3-4H3/b13-7+. The number of carbonyl (C=O) groups excluding carboxylic acids is 1. The highest BCUT2D eigenvalue weighted by atomic mass is 16.1. The number of nitrogens with zero attached hydrogens (tertiary/aromatic N) is 2. The molecule has 0 unspecified atom stereocenters. The molecule has 21 heavy (non-hydrogen) atoms. The van der Waals surface area contributed by atoms with Gasteiger partial charge in [-0.2, -0.15) is 0 Å². The Hall–Kier alpha value is -2.75. The highest BCUT2D eigenvalue weighted by Crippen LogP contribution is 2.16. The molecular weight excluding hydrogens is 264 g/mol. The minimum atomic E-state index is -0.238. The molecule has 106 valence electrons. The number of hydrogen-bond donors (Lipinski definition) is 0. The largest absolute Gasteiger partial charge is 0.294 e. The van der Waals surface area contributed by atoms with Gasteiger partial charge >= 0.3 is 0 Å². The molecular formula is C17H16N2O2. The van der Waals surface area contributed by atoms with Crippen molar-refractivity contribution in [1.29, 1.82) is 0 Å². The predicted molar refractivity (Wildman–Crippen MR) is 84.6 cm³/mol. The predicted octanol–water partition coefficient (Wildman–Crippen LogP) is 2.96. The number of allylic oxidation sites excluding steroid dienone is 4. The fourth-order valence-corrected chi connectivity index (χ4v) is 2.13. The lowest BCUT2D eigenvalue weighted by Gasteiger charge is -2.09. The van der Waals surface area contributed by atoms with Crippen LogP contribution in [0.2, 0.25) is 0 Å². The number of Topliss-reactive ketones (excluding diaryl/α,β-unsaturated/α-hetero) is 1. The van der Waals surface area contributed by atoms with E-state index in [1.165, 1.54) is 17.4 Å². The Morgan fingerprint density at radius 2 is 2.05 bits per heavy atom. The first-order valence-corrected chi connectivity index (χ1v) is 6.48. The van der Waals surface area contributed by atoms with Gasteiger partial charge in [-0.1, -0.05) is 31.4 Å². The zero-order valence-corrected chi connectivity index (χ0v) is 12.1.